The first-order chi connectivity index (χ1) is 9.37. The Kier molecular flexibility index (Phi) is 4.36. The Morgan fingerprint density at radius 3 is 2.45 bits per heavy atom. The van der Waals surface area contributed by atoms with Gasteiger partial charge in [-0.25, -0.2) is 8.42 Å². The van der Waals surface area contributed by atoms with E-state index in [1.54, 1.807) is 21.1 Å². The zero-order valence-corrected chi connectivity index (χ0v) is 13.0. The first-order valence-electron chi connectivity index (χ1n) is 6.66. The highest BCUT2D eigenvalue weighted by Crippen LogP contribution is 2.28. The third-order valence-electron chi connectivity index (χ3n) is 3.88. The predicted octanol–water partition coefficient (Wildman–Crippen LogP) is 0.358. The molecule has 1 aliphatic rings. The molecule has 0 radical (unpaired) electrons. The third kappa shape index (κ3) is 2.68. The number of nitrogen functional groups attached to an aromatic ring is 1. The van der Waals surface area contributed by atoms with E-state index in [0.717, 1.165) is 12.8 Å². The SMILES string of the molecule is COCC1CCN(S(=O)(=O)c2c(N)nn(C)c2C)CC1. The number of nitrogens with two attached hydrogens (primary N) is 1. The Morgan fingerprint density at radius 2 is 2.00 bits per heavy atom. The zero-order chi connectivity index (χ0) is 14.9. The molecular weight excluding hydrogens is 280 g/mol. The van der Waals surface area contributed by atoms with Crippen molar-refractivity contribution in [1.82, 2.24) is 14.1 Å². The number of piperidine rings is 1. The molecule has 1 aliphatic heterocycles. The number of nitrogens with zero attached hydrogens (tertiary/aromatic N) is 3. The molecule has 0 bridgehead atoms. The van der Waals surface area contributed by atoms with E-state index in [1.807, 2.05) is 0 Å². The molecular formula is C12H22N4O3S. The first-order valence-corrected chi connectivity index (χ1v) is 8.10. The maximum Gasteiger partial charge on any atom is 0.248 e. The molecule has 114 valence electrons. The smallest absolute Gasteiger partial charge is 0.248 e. The second-order valence-corrected chi connectivity index (χ2v) is 7.10. The molecule has 2 rings (SSSR count). The first kappa shape index (κ1) is 15.3. The molecule has 8 heteroatoms. The van der Waals surface area contributed by atoms with Gasteiger partial charge in [-0.15, -0.1) is 0 Å². The van der Waals surface area contributed by atoms with Crippen molar-refractivity contribution >= 4 is 15.8 Å². The Balaban J connectivity index is 2.20. The van der Waals surface area contributed by atoms with Crippen LogP contribution in [0.2, 0.25) is 0 Å². The minimum atomic E-state index is -3.56. The molecule has 0 aliphatic carbocycles. The molecule has 0 spiro atoms. The maximum absolute atomic E-state index is 12.7. The van der Waals surface area contributed by atoms with Crippen LogP contribution in [-0.4, -0.2) is 49.3 Å². The van der Waals surface area contributed by atoms with Crippen molar-refractivity contribution in [2.75, 3.05) is 32.5 Å². The van der Waals surface area contributed by atoms with Crippen LogP contribution < -0.4 is 5.73 Å². The van der Waals surface area contributed by atoms with Gasteiger partial charge in [0.25, 0.3) is 0 Å². The van der Waals surface area contributed by atoms with E-state index >= 15 is 0 Å². The lowest BCUT2D eigenvalue weighted by molar-refractivity contribution is 0.121. The Labute approximate surface area is 119 Å². The molecule has 0 amide bonds. The van der Waals surface area contributed by atoms with Crippen molar-refractivity contribution in [3.63, 3.8) is 0 Å². The van der Waals surface area contributed by atoms with Crippen LogP contribution >= 0.6 is 0 Å². The van der Waals surface area contributed by atoms with E-state index in [9.17, 15) is 8.42 Å². The fraction of sp³-hybridized carbons (Fsp3) is 0.750. The zero-order valence-electron chi connectivity index (χ0n) is 12.2. The third-order valence-corrected chi connectivity index (χ3v) is 5.94. The number of hydrogen-bond donors (Lipinski definition) is 1. The van der Waals surface area contributed by atoms with E-state index in [-0.39, 0.29) is 10.7 Å². The van der Waals surface area contributed by atoms with Crippen molar-refractivity contribution in [3.05, 3.63) is 5.69 Å². The minimum absolute atomic E-state index is 0.0732. The van der Waals surface area contributed by atoms with Gasteiger partial charge in [-0.1, -0.05) is 0 Å². The number of anilines is 1. The van der Waals surface area contributed by atoms with Gasteiger partial charge in [0.1, 0.15) is 4.90 Å². The molecule has 1 saturated heterocycles. The standard InChI is InChI=1S/C12H22N4O3S/c1-9-11(12(13)14-15(9)2)20(17,18)16-6-4-10(5-7-16)8-19-3/h10H,4-8H2,1-3H3,(H2,13,14). The van der Waals surface area contributed by atoms with Crippen LogP contribution in [-0.2, 0) is 21.8 Å². The molecule has 0 unspecified atom stereocenters. The molecule has 1 aromatic rings. The van der Waals surface area contributed by atoms with E-state index in [4.69, 9.17) is 10.5 Å². The highest BCUT2D eigenvalue weighted by molar-refractivity contribution is 7.89. The number of aryl methyl sites for hydroxylation is 1. The van der Waals surface area contributed by atoms with Crippen molar-refractivity contribution in [1.29, 1.82) is 0 Å². The largest absolute Gasteiger partial charge is 0.384 e. The van der Waals surface area contributed by atoms with Gasteiger partial charge in [-0.3, -0.25) is 4.68 Å². The summed E-state index contributed by atoms with van der Waals surface area (Å²) in [4.78, 5) is 0.144. The summed E-state index contributed by atoms with van der Waals surface area (Å²) < 4.78 is 33.5. The summed E-state index contributed by atoms with van der Waals surface area (Å²) in [5, 5.41) is 3.98. The minimum Gasteiger partial charge on any atom is -0.384 e. The van der Waals surface area contributed by atoms with Crippen molar-refractivity contribution in [2.24, 2.45) is 13.0 Å². The fourth-order valence-electron chi connectivity index (χ4n) is 2.61. The number of rotatable bonds is 4. The van der Waals surface area contributed by atoms with E-state index in [2.05, 4.69) is 5.10 Å². The summed E-state index contributed by atoms with van der Waals surface area (Å²) in [5.41, 5.74) is 6.32. The monoisotopic (exact) mass is 302 g/mol. The topological polar surface area (TPSA) is 90.4 Å². The second kappa shape index (κ2) is 5.71. The normalized spacial score (nSPS) is 18.6. The lowest BCUT2D eigenvalue weighted by Crippen LogP contribution is -2.39. The number of hydrogen-bond acceptors (Lipinski definition) is 5. The molecule has 7 nitrogen and oxygen atoms in total. The lowest BCUT2D eigenvalue weighted by atomic mass is 9.99. The Morgan fingerprint density at radius 1 is 1.40 bits per heavy atom. The van der Waals surface area contributed by atoms with Crippen LogP contribution in [0.4, 0.5) is 5.82 Å². The summed E-state index contributed by atoms with van der Waals surface area (Å²) in [5.74, 6) is 0.503. The number of sulfonamides is 1. The van der Waals surface area contributed by atoms with Gasteiger partial charge in [0.05, 0.1) is 5.69 Å². The van der Waals surface area contributed by atoms with Crippen molar-refractivity contribution < 1.29 is 13.2 Å². The summed E-state index contributed by atoms with van der Waals surface area (Å²) in [6.45, 7) is 3.41. The van der Waals surface area contributed by atoms with Crippen LogP contribution in [0, 0.1) is 12.8 Å². The quantitative estimate of drug-likeness (QED) is 0.867. The van der Waals surface area contributed by atoms with Crippen molar-refractivity contribution in [2.45, 2.75) is 24.7 Å². The fourth-order valence-corrected chi connectivity index (χ4v) is 4.37. The summed E-state index contributed by atoms with van der Waals surface area (Å²) in [6, 6.07) is 0. The van der Waals surface area contributed by atoms with Gasteiger partial charge in [-0.2, -0.15) is 9.40 Å². The van der Waals surface area contributed by atoms with Gasteiger partial charge in [-0.05, 0) is 25.7 Å². The van der Waals surface area contributed by atoms with Gasteiger partial charge < -0.3 is 10.5 Å². The second-order valence-electron chi connectivity index (χ2n) is 5.23. The van der Waals surface area contributed by atoms with Gasteiger partial charge in [0.15, 0.2) is 5.82 Å². The molecule has 1 aromatic heterocycles. The molecule has 0 saturated carbocycles. The molecule has 1 fully saturated rings. The number of aromatic nitrogens is 2. The Hall–Kier alpha value is -1.12. The van der Waals surface area contributed by atoms with Crippen LogP contribution in [0.5, 0.6) is 0 Å². The average Bonchev–Trinajstić information content (AvgIpc) is 2.64. The summed E-state index contributed by atoms with van der Waals surface area (Å²) >= 11 is 0. The number of methoxy groups -OCH3 is 1. The van der Waals surface area contributed by atoms with Crippen LogP contribution in [0.3, 0.4) is 0 Å². The molecule has 20 heavy (non-hydrogen) atoms. The Bertz CT molecular complexity index is 574. The van der Waals surface area contributed by atoms with Crippen LogP contribution in [0.25, 0.3) is 0 Å². The van der Waals surface area contributed by atoms with Crippen molar-refractivity contribution in [3.8, 4) is 0 Å². The molecule has 0 aromatic carbocycles. The van der Waals surface area contributed by atoms with Gasteiger partial charge in [0, 0.05) is 33.9 Å². The molecule has 2 N–H and O–H groups in total. The highest BCUT2D eigenvalue weighted by Gasteiger charge is 2.33. The van der Waals surface area contributed by atoms with E-state index in [1.165, 1.54) is 8.99 Å². The molecule has 2 heterocycles. The van der Waals surface area contributed by atoms with Crippen LogP contribution in [0.15, 0.2) is 4.90 Å². The highest BCUT2D eigenvalue weighted by atomic mass is 32.2. The van der Waals surface area contributed by atoms with Crippen LogP contribution in [0.1, 0.15) is 18.5 Å². The van der Waals surface area contributed by atoms with Gasteiger partial charge >= 0.3 is 0 Å². The maximum atomic E-state index is 12.7. The van der Waals surface area contributed by atoms with Gasteiger partial charge in [0.2, 0.25) is 10.0 Å². The molecule has 0 atom stereocenters. The van der Waals surface area contributed by atoms with E-state index in [0.29, 0.717) is 31.3 Å². The summed E-state index contributed by atoms with van der Waals surface area (Å²) in [6.07, 6.45) is 1.62. The predicted molar refractivity (Wildman–Crippen MR) is 75.7 cm³/mol. The summed E-state index contributed by atoms with van der Waals surface area (Å²) in [7, 11) is -0.197. The average molecular weight is 302 g/mol. The lowest BCUT2D eigenvalue weighted by Gasteiger charge is -2.30. The number of ether oxygens (including phenoxy) is 1. The van der Waals surface area contributed by atoms with E-state index < -0.39 is 10.0 Å².